The molecule has 1 N–H and O–H groups in total. The van der Waals surface area contributed by atoms with Crippen molar-refractivity contribution in [2.24, 2.45) is 5.92 Å². The predicted octanol–water partition coefficient (Wildman–Crippen LogP) is 4.42. The number of benzene rings is 1. The molecule has 2 aliphatic heterocycles. The topological polar surface area (TPSA) is 65.5 Å². The Morgan fingerprint density at radius 2 is 2.03 bits per heavy atom. The van der Waals surface area contributed by atoms with Gasteiger partial charge in [0.2, 0.25) is 0 Å². The minimum absolute atomic E-state index is 0.00967. The van der Waals surface area contributed by atoms with Crippen LogP contribution in [0, 0.1) is 5.92 Å². The lowest BCUT2D eigenvalue weighted by Gasteiger charge is -2.32. The van der Waals surface area contributed by atoms with Gasteiger partial charge < -0.3 is 10.2 Å². The summed E-state index contributed by atoms with van der Waals surface area (Å²) < 4.78 is 14.4. The van der Waals surface area contributed by atoms with Gasteiger partial charge in [0.05, 0.1) is 5.69 Å². The van der Waals surface area contributed by atoms with Crippen molar-refractivity contribution in [1.29, 1.82) is 0 Å². The van der Waals surface area contributed by atoms with Gasteiger partial charge in [-0.3, -0.25) is 14.5 Å². The largest absolute Gasteiger partial charge is 0.349 e. The van der Waals surface area contributed by atoms with Crippen LogP contribution < -0.4 is 5.32 Å². The second-order valence-corrected chi connectivity index (χ2v) is 11.9. The van der Waals surface area contributed by atoms with Crippen molar-refractivity contribution in [3.05, 3.63) is 50.5 Å². The fraction of sp³-hybridized carbons (Fsp3) is 0.593. The van der Waals surface area contributed by atoms with E-state index in [2.05, 4.69) is 15.2 Å². The molecule has 4 aliphatic rings. The van der Waals surface area contributed by atoms with E-state index in [-0.39, 0.29) is 17.9 Å². The highest BCUT2D eigenvalue weighted by Crippen LogP contribution is 2.51. The summed E-state index contributed by atoms with van der Waals surface area (Å²) in [5, 5.41) is 3.95. The Hall–Kier alpha value is -2.32. The summed E-state index contributed by atoms with van der Waals surface area (Å²) in [7, 11) is 1.77. The van der Waals surface area contributed by atoms with Gasteiger partial charge in [-0.25, -0.2) is 9.37 Å². The second kappa shape index (κ2) is 8.96. The first kappa shape index (κ1) is 23.1. The molecule has 1 aromatic heterocycles. The first-order valence-corrected chi connectivity index (χ1v) is 13.8. The number of hydrogen-bond donors (Lipinski definition) is 1. The third kappa shape index (κ3) is 4.51. The van der Waals surface area contributed by atoms with Gasteiger partial charge in [-0.2, -0.15) is 0 Å². The molecule has 2 fully saturated rings. The number of hydrogen-bond acceptors (Lipinski definition) is 5. The summed E-state index contributed by atoms with van der Waals surface area (Å²) in [6, 6.07) is 5.65. The standard InChI is InChI=1S/C27H33FN4O2S/c1-31-15-21-19(3-2-4-20(21)25(31)34)24(33)29-18-7-5-17(6-8-18)9-13-32-14-10-23-22(16-32)30-26(35-23)27(28)11-12-27/h2-4,17-18H,5-16H2,1H3,(H,29,33)/t17-,18-. The molecule has 0 atom stereocenters. The van der Waals surface area contributed by atoms with Crippen LogP contribution in [0.4, 0.5) is 4.39 Å². The van der Waals surface area contributed by atoms with Gasteiger partial charge in [-0.15, -0.1) is 11.3 Å². The average molecular weight is 497 g/mol. The van der Waals surface area contributed by atoms with Crippen LogP contribution in [-0.2, 0) is 25.2 Å². The van der Waals surface area contributed by atoms with Gasteiger partial charge in [-0.05, 0) is 81.5 Å². The summed E-state index contributed by atoms with van der Waals surface area (Å²) in [5.41, 5.74) is 2.13. The van der Waals surface area contributed by atoms with Gasteiger partial charge >= 0.3 is 0 Å². The van der Waals surface area contributed by atoms with E-state index in [1.807, 2.05) is 12.1 Å². The molecule has 2 aromatic rings. The number of aromatic nitrogens is 1. The number of amides is 2. The second-order valence-electron chi connectivity index (χ2n) is 10.9. The van der Waals surface area contributed by atoms with Crippen molar-refractivity contribution in [2.75, 3.05) is 20.1 Å². The number of nitrogens with one attached hydrogen (secondary N) is 1. The highest BCUT2D eigenvalue weighted by molar-refractivity contribution is 7.12. The number of alkyl halides is 1. The zero-order valence-corrected chi connectivity index (χ0v) is 21.1. The number of fused-ring (bicyclic) bond motifs is 2. The van der Waals surface area contributed by atoms with Crippen molar-refractivity contribution in [3.63, 3.8) is 0 Å². The molecular weight excluding hydrogens is 463 g/mol. The minimum atomic E-state index is -1.12. The Bertz CT molecular complexity index is 1150. The first-order valence-electron chi connectivity index (χ1n) is 13.0. The first-order chi connectivity index (χ1) is 16.9. The van der Waals surface area contributed by atoms with Gasteiger partial charge in [0, 0.05) is 48.7 Å². The molecule has 0 unspecified atom stereocenters. The molecular formula is C27H33FN4O2S. The number of carbonyl (C=O) groups is 2. The summed E-state index contributed by atoms with van der Waals surface area (Å²) in [4.78, 5) is 35.3. The Morgan fingerprint density at radius 1 is 1.23 bits per heavy atom. The number of thiazole rings is 1. The smallest absolute Gasteiger partial charge is 0.254 e. The summed E-state index contributed by atoms with van der Waals surface area (Å²) in [5.74, 6) is 0.620. The number of carbonyl (C=O) groups excluding carboxylic acids is 2. The van der Waals surface area contributed by atoms with Crippen LogP contribution in [0.15, 0.2) is 18.2 Å². The molecule has 0 bridgehead atoms. The van der Waals surface area contributed by atoms with E-state index in [0.29, 0.717) is 41.4 Å². The van der Waals surface area contributed by atoms with Gasteiger partial charge in [0.1, 0.15) is 5.01 Å². The number of nitrogens with zero attached hydrogens (tertiary/aromatic N) is 3. The molecule has 6 rings (SSSR count). The van der Waals surface area contributed by atoms with Crippen LogP contribution in [0.5, 0.6) is 0 Å². The average Bonchev–Trinajstić information content (AvgIpc) is 3.35. The quantitative estimate of drug-likeness (QED) is 0.643. The summed E-state index contributed by atoms with van der Waals surface area (Å²) in [6.45, 7) is 3.45. The molecule has 6 nitrogen and oxygen atoms in total. The van der Waals surface area contributed by atoms with Crippen molar-refractivity contribution in [2.45, 2.75) is 76.2 Å². The predicted molar refractivity (Wildman–Crippen MR) is 133 cm³/mol. The maximum atomic E-state index is 14.4. The lowest BCUT2D eigenvalue weighted by molar-refractivity contribution is 0.0814. The van der Waals surface area contributed by atoms with Gasteiger partial charge in [0.25, 0.3) is 11.8 Å². The number of rotatable bonds is 6. The Labute approximate surface area is 209 Å². The zero-order chi connectivity index (χ0) is 24.2. The Morgan fingerprint density at radius 3 is 2.80 bits per heavy atom. The van der Waals surface area contributed by atoms with E-state index in [4.69, 9.17) is 0 Å². The Balaban J connectivity index is 0.971. The van der Waals surface area contributed by atoms with E-state index in [9.17, 15) is 14.0 Å². The van der Waals surface area contributed by atoms with Crippen molar-refractivity contribution < 1.29 is 14.0 Å². The van der Waals surface area contributed by atoms with Crippen LogP contribution in [0.25, 0.3) is 0 Å². The van der Waals surface area contributed by atoms with Crippen molar-refractivity contribution in [3.8, 4) is 0 Å². The van der Waals surface area contributed by atoms with Crippen molar-refractivity contribution in [1.82, 2.24) is 20.1 Å². The van der Waals surface area contributed by atoms with Gasteiger partial charge in [0.15, 0.2) is 5.67 Å². The molecule has 3 heterocycles. The lowest BCUT2D eigenvalue weighted by atomic mass is 9.83. The van der Waals surface area contributed by atoms with E-state index < -0.39 is 5.67 Å². The summed E-state index contributed by atoms with van der Waals surface area (Å²) >= 11 is 1.60. The SMILES string of the molecule is CN1Cc2c(C(=O)N[C@H]3CC[C@H](CCN4CCc5sc(C6(F)CC6)nc5C4)CC3)cccc2C1=O. The zero-order valence-electron chi connectivity index (χ0n) is 20.3. The van der Waals surface area contributed by atoms with Crippen LogP contribution in [0.2, 0.25) is 0 Å². The maximum Gasteiger partial charge on any atom is 0.254 e. The maximum absolute atomic E-state index is 14.4. The molecule has 0 spiro atoms. The van der Waals surface area contributed by atoms with E-state index in [1.54, 1.807) is 29.4 Å². The number of halogens is 1. The van der Waals surface area contributed by atoms with E-state index >= 15 is 0 Å². The Kier molecular flexibility index (Phi) is 5.92. The molecule has 186 valence electrons. The van der Waals surface area contributed by atoms with Crippen LogP contribution >= 0.6 is 11.3 Å². The molecule has 0 saturated heterocycles. The normalized spacial score (nSPS) is 25.3. The third-order valence-electron chi connectivity index (χ3n) is 8.31. The molecule has 35 heavy (non-hydrogen) atoms. The molecule has 1 aromatic carbocycles. The summed E-state index contributed by atoms with van der Waals surface area (Å²) in [6.07, 6.45) is 7.69. The van der Waals surface area contributed by atoms with Crippen LogP contribution in [-0.4, -0.2) is 52.8 Å². The van der Waals surface area contributed by atoms with Gasteiger partial charge in [-0.1, -0.05) is 6.07 Å². The highest BCUT2D eigenvalue weighted by Gasteiger charge is 2.48. The highest BCUT2D eigenvalue weighted by atomic mass is 32.1. The van der Waals surface area contributed by atoms with Crippen LogP contribution in [0.1, 0.15) is 86.8 Å². The molecule has 2 saturated carbocycles. The molecule has 0 radical (unpaired) electrons. The van der Waals surface area contributed by atoms with E-state index in [0.717, 1.165) is 63.0 Å². The lowest BCUT2D eigenvalue weighted by Crippen LogP contribution is -2.38. The fourth-order valence-corrected chi connectivity index (χ4v) is 7.07. The van der Waals surface area contributed by atoms with Crippen molar-refractivity contribution >= 4 is 23.2 Å². The minimum Gasteiger partial charge on any atom is -0.349 e. The fourth-order valence-electron chi connectivity index (χ4n) is 5.87. The molecule has 2 aliphatic carbocycles. The molecule has 2 amide bonds. The monoisotopic (exact) mass is 496 g/mol. The third-order valence-corrected chi connectivity index (χ3v) is 9.64. The molecule has 8 heteroatoms. The van der Waals surface area contributed by atoms with Crippen LogP contribution in [0.3, 0.4) is 0 Å². The van der Waals surface area contributed by atoms with E-state index in [1.165, 1.54) is 11.3 Å².